The summed E-state index contributed by atoms with van der Waals surface area (Å²) in [4.78, 5) is 2.40. The summed E-state index contributed by atoms with van der Waals surface area (Å²) in [6, 6.07) is 18.5. The first kappa shape index (κ1) is 20.3. The molecule has 0 bridgehead atoms. The number of piperazine rings is 1. The van der Waals surface area contributed by atoms with Crippen LogP contribution in [-0.4, -0.2) is 56.2 Å². The number of aryl methyl sites for hydroxylation is 1. The molecule has 1 aromatic heterocycles. The molecule has 2 aromatic carbocycles. The molecule has 0 unspecified atom stereocenters. The van der Waals surface area contributed by atoms with E-state index in [9.17, 15) is 8.42 Å². The zero-order valence-corrected chi connectivity index (χ0v) is 17.8. The maximum Gasteiger partial charge on any atom is 0.243 e. The summed E-state index contributed by atoms with van der Waals surface area (Å²) in [6.45, 7) is 3.84. The van der Waals surface area contributed by atoms with Crippen LogP contribution in [0.2, 0.25) is 0 Å². The monoisotopic (exact) mass is 424 g/mol. The first-order chi connectivity index (χ1) is 14.5. The molecular formula is C22H24N4O3S. The number of methoxy groups -OCH3 is 1. The average molecular weight is 425 g/mol. The van der Waals surface area contributed by atoms with E-state index in [-0.39, 0.29) is 0 Å². The van der Waals surface area contributed by atoms with E-state index >= 15 is 0 Å². The fraction of sp³-hybridized carbons (Fsp3) is 0.273. The zero-order valence-electron chi connectivity index (χ0n) is 17.0. The minimum atomic E-state index is -3.48. The van der Waals surface area contributed by atoms with Gasteiger partial charge >= 0.3 is 0 Å². The predicted octanol–water partition coefficient (Wildman–Crippen LogP) is 2.97. The van der Waals surface area contributed by atoms with Gasteiger partial charge in [-0.2, -0.15) is 4.31 Å². The molecule has 1 aliphatic rings. The van der Waals surface area contributed by atoms with Crippen LogP contribution in [0.5, 0.6) is 5.75 Å². The Bertz CT molecular complexity index is 1130. The van der Waals surface area contributed by atoms with Crippen molar-refractivity contribution >= 4 is 15.8 Å². The molecule has 1 saturated heterocycles. The molecule has 1 fully saturated rings. The van der Waals surface area contributed by atoms with Crippen LogP contribution in [0.15, 0.2) is 65.6 Å². The lowest BCUT2D eigenvalue weighted by atomic mass is 10.1. The molecule has 7 nitrogen and oxygen atoms in total. The lowest BCUT2D eigenvalue weighted by Crippen LogP contribution is -2.49. The SMILES string of the molecule is COc1ccccc1-c1ccc(N2CCN(S(=O)(=O)c3cccc(C)c3)CC2)nn1. The van der Waals surface area contributed by atoms with Crippen LogP contribution < -0.4 is 9.64 Å². The molecular weight excluding hydrogens is 400 g/mol. The quantitative estimate of drug-likeness (QED) is 0.627. The van der Waals surface area contributed by atoms with Crippen molar-refractivity contribution in [3.8, 4) is 17.0 Å². The number of aromatic nitrogens is 2. The summed E-state index contributed by atoms with van der Waals surface area (Å²) >= 11 is 0. The maximum atomic E-state index is 12.9. The smallest absolute Gasteiger partial charge is 0.243 e. The molecule has 0 amide bonds. The standard InChI is InChI=1S/C22H24N4O3S/c1-17-6-5-7-18(16-17)30(27,28)26-14-12-25(13-15-26)22-11-10-20(23-24-22)19-8-3-4-9-21(19)29-2/h3-11,16H,12-15H2,1-2H3. The highest BCUT2D eigenvalue weighted by atomic mass is 32.2. The van der Waals surface area contributed by atoms with Gasteiger partial charge in [-0.05, 0) is 48.9 Å². The van der Waals surface area contributed by atoms with Gasteiger partial charge in [-0.25, -0.2) is 8.42 Å². The number of ether oxygens (including phenoxy) is 1. The van der Waals surface area contributed by atoms with Gasteiger partial charge in [0.05, 0.1) is 17.7 Å². The third-order valence-corrected chi connectivity index (χ3v) is 7.12. The summed E-state index contributed by atoms with van der Waals surface area (Å²) in [7, 11) is -1.85. The second-order valence-electron chi connectivity index (χ2n) is 7.18. The van der Waals surface area contributed by atoms with Gasteiger partial charge in [0.25, 0.3) is 0 Å². The predicted molar refractivity (Wildman–Crippen MR) is 116 cm³/mol. The molecule has 30 heavy (non-hydrogen) atoms. The summed E-state index contributed by atoms with van der Waals surface area (Å²) in [5.41, 5.74) is 2.55. The van der Waals surface area contributed by atoms with Gasteiger partial charge in [-0.15, -0.1) is 10.2 Å². The average Bonchev–Trinajstić information content (AvgIpc) is 2.79. The molecule has 0 saturated carbocycles. The van der Waals surface area contributed by atoms with E-state index in [4.69, 9.17) is 4.74 Å². The Morgan fingerprint density at radius 3 is 2.33 bits per heavy atom. The fourth-order valence-electron chi connectivity index (χ4n) is 3.58. The maximum absolute atomic E-state index is 12.9. The summed E-state index contributed by atoms with van der Waals surface area (Å²) in [5.74, 6) is 1.48. The van der Waals surface area contributed by atoms with Gasteiger partial charge in [0, 0.05) is 31.7 Å². The number of nitrogens with zero attached hydrogens (tertiary/aromatic N) is 4. The Labute approximate surface area is 177 Å². The van der Waals surface area contributed by atoms with Crippen LogP contribution in [0, 0.1) is 6.92 Å². The molecule has 0 N–H and O–H groups in total. The van der Waals surface area contributed by atoms with Crippen LogP contribution >= 0.6 is 0 Å². The summed E-state index contributed by atoms with van der Waals surface area (Å²) in [5, 5.41) is 8.72. The van der Waals surface area contributed by atoms with E-state index in [0.717, 1.165) is 28.4 Å². The Morgan fingerprint density at radius 1 is 0.900 bits per heavy atom. The first-order valence-corrected chi connectivity index (χ1v) is 11.2. The molecule has 8 heteroatoms. The zero-order chi connectivity index (χ0) is 21.1. The van der Waals surface area contributed by atoms with Gasteiger partial charge in [-0.3, -0.25) is 0 Å². The van der Waals surface area contributed by atoms with Crippen LogP contribution in [0.1, 0.15) is 5.56 Å². The highest BCUT2D eigenvalue weighted by molar-refractivity contribution is 7.89. The number of benzene rings is 2. The van der Waals surface area contributed by atoms with Crippen molar-refractivity contribution in [2.24, 2.45) is 0 Å². The fourth-order valence-corrected chi connectivity index (χ4v) is 5.10. The number of hydrogen-bond donors (Lipinski definition) is 0. The molecule has 1 aliphatic heterocycles. The number of sulfonamides is 1. The largest absolute Gasteiger partial charge is 0.496 e. The van der Waals surface area contributed by atoms with Crippen LogP contribution in [0.4, 0.5) is 5.82 Å². The third-order valence-electron chi connectivity index (χ3n) is 5.22. The van der Waals surface area contributed by atoms with Gasteiger partial charge in [0.15, 0.2) is 5.82 Å². The number of rotatable bonds is 5. The van der Waals surface area contributed by atoms with Crippen molar-refractivity contribution in [2.75, 3.05) is 38.2 Å². The minimum absolute atomic E-state index is 0.344. The van der Waals surface area contributed by atoms with E-state index in [1.54, 1.807) is 25.3 Å². The highest BCUT2D eigenvalue weighted by Crippen LogP contribution is 2.28. The Morgan fingerprint density at radius 2 is 1.67 bits per heavy atom. The van der Waals surface area contributed by atoms with Crippen molar-refractivity contribution < 1.29 is 13.2 Å². The molecule has 3 aromatic rings. The summed E-state index contributed by atoms with van der Waals surface area (Å²) < 4.78 is 32.8. The van der Waals surface area contributed by atoms with Gasteiger partial charge in [0.2, 0.25) is 10.0 Å². The number of para-hydroxylation sites is 1. The summed E-state index contributed by atoms with van der Waals surface area (Å²) in [6.07, 6.45) is 0. The lowest BCUT2D eigenvalue weighted by molar-refractivity contribution is 0.383. The van der Waals surface area contributed by atoms with Crippen molar-refractivity contribution in [1.29, 1.82) is 0 Å². The van der Waals surface area contributed by atoms with Gasteiger partial charge in [-0.1, -0.05) is 24.3 Å². The Kier molecular flexibility index (Phi) is 5.69. The van der Waals surface area contributed by atoms with E-state index in [2.05, 4.69) is 15.1 Å². The van der Waals surface area contributed by atoms with Crippen LogP contribution in [0.3, 0.4) is 0 Å². The van der Waals surface area contributed by atoms with Crippen molar-refractivity contribution in [3.05, 3.63) is 66.2 Å². The van der Waals surface area contributed by atoms with E-state index in [1.165, 1.54) is 4.31 Å². The molecule has 0 radical (unpaired) electrons. The molecule has 156 valence electrons. The Hall–Kier alpha value is -2.97. The third kappa shape index (κ3) is 4.01. The van der Waals surface area contributed by atoms with Crippen LogP contribution in [0.25, 0.3) is 11.3 Å². The second kappa shape index (κ2) is 8.41. The highest BCUT2D eigenvalue weighted by Gasteiger charge is 2.29. The number of anilines is 1. The normalized spacial score (nSPS) is 15.2. The minimum Gasteiger partial charge on any atom is -0.496 e. The molecule has 0 aliphatic carbocycles. The van der Waals surface area contributed by atoms with Crippen molar-refractivity contribution in [3.63, 3.8) is 0 Å². The first-order valence-electron chi connectivity index (χ1n) is 9.78. The lowest BCUT2D eigenvalue weighted by Gasteiger charge is -2.34. The van der Waals surface area contributed by atoms with Crippen molar-refractivity contribution in [2.45, 2.75) is 11.8 Å². The molecule has 0 spiro atoms. The second-order valence-corrected chi connectivity index (χ2v) is 9.12. The molecule has 0 atom stereocenters. The molecule has 2 heterocycles. The van der Waals surface area contributed by atoms with E-state index in [1.807, 2.05) is 49.4 Å². The van der Waals surface area contributed by atoms with E-state index in [0.29, 0.717) is 31.1 Å². The Balaban J connectivity index is 1.45. The molecule has 4 rings (SSSR count). The van der Waals surface area contributed by atoms with E-state index < -0.39 is 10.0 Å². The van der Waals surface area contributed by atoms with Crippen molar-refractivity contribution in [1.82, 2.24) is 14.5 Å². The topological polar surface area (TPSA) is 75.6 Å². The van der Waals surface area contributed by atoms with Gasteiger partial charge in [0.1, 0.15) is 5.75 Å². The number of hydrogen-bond acceptors (Lipinski definition) is 6. The van der Waals surface area contributed by atoms with Crippen LogP contribution in [-0.2, 0) is 10.0 Å². The van der Waals surface area contributed by atoms with Gasteiger partial charge < -0.3 is 9.64 Å².